The van der Waals surface area contributed by atoms with Crippen molar-refractivity contribution in [2.24, 2.45) is 15.3 Å². The van der Waals surface area contributed by atoms with Gasteiger partial charge < -0.3 is 10.8 Å². The van der Waals surface area contributed by atoms with Crippen molar-refractivity contribution in [1.82, 2.24) is 0 Å². The zero-order chi connectivity index (χ0) is 28.7. The van der Waals surface area contributed by atoms with Gasteiger partial charge in [0.25, 0.3) is 25.9 Å². The van der Waals surface area contributed by atoms with Gasteiger partial charge in [-0.2, -0.15) is 27.1 Å². The number of fused-ring (bicyclic) bond motifs is 1. The number of nitro benzene ring substituents is 1. The van der Waals surface area contributed by atoms with Crippen molar-refractivity contribution >= 4 is 59.4 Å². The van der Waals surface area contributed by atoms with Gasteiger partial charge in [0.15, 0.2) is 5.75 Å². The van der Waals surface area contributed by atoms with Crippen LogP contribution < -0.4 is 5.73 Å². The van der Waals surface area contributed by atoms with Crippen molar-refractivity contribution in [1.29, 1.82) is 5.53 Å². The van der Waals surface area contributed by atoms with Crippen LogP contribution >= 0.6 is 0 Å². The van der Waals surface area contributed by atoms with Crippen LogP contribution in [-0.2, 0) is 20.2 Å². The number of azo groups is 1. The number of aromatic hydroxyl groups is 1. The molecule has 0 aromatic heterocycles. The lowest BCUT2D eigenvalue weighted by Gasteiger charge is -2.17. The van der Waals surface area contributed by atoms with E-state index in [1.165, 1.54) is 24.3 Å². The van der Waals surface area contributed by atoms with Gasteiger partial charge in [-0.15, -0.1) is 5.11 Å². The topological polar surface area (TPSA) is 259 Å². The lowest BCUT2D eigenvalue weighted by atomic mass is 9.95. The number of nitro groups is 1. The first-order valence-electron chi connectivity index (χ1n) is 10.4. The van der Waals surface area contributed by atoms with Crippen LogP contribution in [-0.4, -0.2) is 36.0 Å². The van der Waals surface area contributed by atoms with Crippen LogP contribution in [0.1, 0.15) is 0 Å². The number of phenols is 1. The summed E-state index contributed by atoms with van der Waals surface area (Å²) >= 11 is 0. The number of non-ortho nitro benzene ring substituents is 1. The lowest BCUT2D eigenvalue weighted by Crippen LogP contribution is -2.04. The van der Waals surface area contributed by atoms with Gasteiger partial charge in [0.05, 0.1) is 26.6 Å². The van der Waals surface area contributed by atoms with Gasteiger partial charge >= 0.3 is 0 Å². The Morgan fingerprint density at radius 1 is 0.872 bits per heavy atom. The van der Waals surface area contributed by atoms with Gasteiger partial charge in [0, 0.05) is 23.1 Å². The number of anilines is 1. The smallest absolute Gasteiger partial charge is 0.297 e. The average molecular weight is 573 g/mol. The molecule has 0 spiro atoms. The molecule has 4 aromatic rings. The second-order valence-electron chi connectivity index (χ2n) is 7.88. The third-order valence-corrected chi connectivity index (χ3v) is 7.33. The van der Waals surface area contributed by atoms with E-state index < -0.39 is 46.4 Å². The maximum absolute atomic E-state index is 12.4. The van der Waals surface area contributed by atoms with E-state index in [4.69, 9.17) is 11.3 Å². The Bertz CT molecular complexity index is 1910. The lowest BCUT2D eigenvalue weighted by molar-refractivity contribution is -0.384. The quantitative estimate of drug-likeness (QED) is 0.0629. The molecule has 0 bridgehead atoms. The molecule has 0 saturated heterocycles. The highest BCUT2D eigenvalue weighted by molar-refractivity contribution is 7.86. The van der Waals surface area contributed by atoms with E-state index in [9.17, 15) is 41.2 Å². The number of nitrogen functional groups attached to an aromatic ring is 1. The predicted octanol–water partition coefficient (Wildman–Crippen LogP) is 5.27. The summed E-state index contributed by atoms with van der Waals surface area (Å²) in [5.74, 6) is -0.659. The monoisotopic (exact) mass is 572 g/mol. The summed E-state index contributed by atoms with van der Waals surface area (Å²) in [5, 5.41) is 32.3. The standard InChI is InChI=1S/C22H16N6O9S2/c23-19-17(11-1-7-14(8-2-11)38(32,33)34)20(25-24)22(39(35,36)37)15-9-10-16(21(29)18(15)19)27-26-12-3-5-13(6-4-12)28(30)31/h1-10,24,29H,23H2,(H,32,33,34)(H,35,36,37). The van der Waals surface area contributed by atoms with E-state index in [0.29, 0.717) is 0 Å². The molecule has 6 N–H and O–H groups in total. The molecule has 0 saturated carbocycles. The summed E-state index contributed by atoms with van der Waals surface area (Å²) in [6, 6.07) is 11.6. The Morgan fingerprint density at radius 2 is 1.49 bits per heavy atom. The number of nitrogens with one attached hydrogen (secondary N) is 1. The fraction of sp³-hybridized carbons (Fsp3) is 0. The SMILES string of the molecule is N=Nc1c(-c2ccc(S(=O)(=O)O)cc2)c(N)c2c(O)c(N=Nc3ccc([N+](=O)[O-])cc3)ccc2c1S(=O)(=O)O. The minimum absolute atomic E-state index is 0.0370. The summed E-state index contributed by atoms with van der Waals surface area (Å²) in [6.45, 7) is 0. The van der Waals surface area contributed by atoms with E-state index in [1.54, 1.807) is 0 Å². The predicted molar refractivity (Wildman–Crippen MR) is 137 cm³/mol. The first-order valence-corrected chi connectivity index (χ1v) is 13.3. The highest BCUT2D eigenvalue weighted by Gasteiger charge is 2.29. The van der Waals surface area contributed by atoms with Crippen molar-refractivity contribution in [2.45, 2.75) is 9.79 Å². The molecule has 0 atom stereocenters. The van der Waals surface area contributed by atoms with Crippen LogP contribution in [0.4, 0.5) is 28.4 Å². The number of hydrogen-bond acceptors (Lipinski definition) is 12. The molecule has 0 amide bonds. The van der Waals surface area contributed by atoms with Gasteiger partial charge in [-0.3, -0.25) is 19.2 Å². The maximum Gasteiger partial charge on any atom is 0.297 e. The van der Waals surface area contributed by atoms with E-state index in [1.807, 2.05) is 0 Å². The normalized spacial score (nSPS) is 12.2. The number of phenolic OH excluding ortho intramolecular Hbond substituents is 1. The molecule has 0 aliphatic carbocycles. The molecule has 0 unspecified atom stereocenters. The molecule has 4 rings (SSSR count). The second kappa shape index (κ2) is 9.80. The number of benzene rings is 4. The molecular formula is C22H16N6O9S2. The van der Waals surface area contributed by atoms with Crippen molar-refractivity contribution in [2.75, 3.05) is 5.73 Å². The van der Waals surface area contributed by atoms with Gasteiger partial charge in [-0.25, -0.2) is 5.53 Å². The minimum atomic E-state index is -5.07. The zero-order valence-corrected chi connectivity index (χ0v) is 20.9. The van der Waals surface area contributed by atoms with Crippen molar-refractivity contribution in [3.8, 4) is 16.9 Å². The molecule has 0 aliphatic rings. The van der Waals surface area contributed by atoms with Gasteiger partial charge in [-0.1, -0.05) is 18.2 Å². The average Bonchev–Trinajstić information content (AvgIpc) is 2.86. The van der Waals surface area contributed by atoms with Crippen LogP contribution in [0.5, 0.6) is 5.75 Å². The Balaban J connectivity index is 1.99. The molecule has 0 heterocycles. The van der Waals surface area contributed by atoms with Crippen LogP contribution in [0.3, 0.4) is 0 Å². The van der Waals surface area contributed by atoms with Crippen LogP contribution in [0.25, 0.3) is 21.9 Å². The van der Waals surface area contributed by atoms with E-state index in [2.05, 4.69) is 15.3 Å². The first-order chi connectivity index (χ1) is 18.2. The van der Waals surface area contributed by atoms with Crippen LogP contribution in [0.2, 0.25) is 0 Å². The number of hydrogen-bond donors (Lipinski definition) is 5. The third-order valence-electron chi connectivity index (χ3n) is 5.54. The van der Waals surface area contributed by atoms with Crippen LogP contribution in [0, 0.1) is 15.6 Å². The van der Waals surface area contributed by atoms with Crippen molar-refractivity contribution in [3.05, 3.63) is 70.8 Å². The molecular weight excluding hydrogens is 556 g/mol. The Hall–Kier alpha value is -4.84. The molecule has 39 heavy (non-hydrogen) atoms. The molecule has 200 valence electrons. The zero-order valence-electron chi connectivity index (χ0n) is 19.2. The first kappa shape index (κ1) is 27.2. The van der Waals surface area contributed by atoms with E-state index in [-0.39, 0.29) is 44.6 Å². The largest absolute Gasteiger partial charge is 0.505 e. The summed E-state index contributed by atoms with van der Waals surface area (Å²) in [4.78, 5) is 8.88. The molecule has 0 radical (unpaired) electrons. The number of nitrogens with zero attached hydrogens (tertiary/aromatic N) is 4. The van der Waals surface area contributed by atoms with Gasteiger partial charge in [0.2, 0.25) is 0 Å². The number of rotatable bonds is 7. The Labute approximate surface area is 219 Å². The summed E-state index contributed by atoms with van der Waals surface area (Å²) in [5.41, 5.74) is 12.6. The fourth-order valence-corrected chi connectivity index (χ4v) is 5.14. The third kappa shape index (κ3) is 5.14. The van der Waals surface area contributed by atoms with Crippen molar-refractivity contribution in [3.63, 3.8) is 0 Å². The van der Waals surface area contributed by atoms with E-state index >= 15 is 0 Å². The van der Waals surface area contributed by atoms with Crippen LogP contribution in [0.15, 0.2) is 85.8 Å². The fourth-order valence-electron chi connectivity index (χ4n) is 3.82. The highest BCUT2D eigenvalue weighted by atomic mass is 32.2. The molecule has 0 aliphatic heterocycles. The van der Waals surface area contributed by atoms with Gasteiger partial charge in [0.1, 0.15) is 16.3 Å². The maximum atomic E-state index is 12.4. The summed E-state index contributed by atoms with van der Waals surface area (Å²) < 4.78 is 66.8. The second-order valence-corrected chi connectivity index (χ2v) is 10.7. The Morgan fingerprint density at radius 3 is 2.00 bits per heavy atom. The highest BCUT2D eigenvalue weighted by Crippen LogP contribution is 2.50. The van der Waals surface area contributed by atoms with Crippen molar-refractivity contribution < 1.29 is 36.0 Å². The van der Waals surface area contributed by atoms with E-state index in [0.717, 1.165) is 36.4 Å². The number of nitrogens with two attached hydrogens (primary N) is 1. The van der Waals surface area contributed by atoms with Gasteiger partial charge in [-0.05, 0) is 35.9 Å². The minimum Gasteiger partial charge on any atom is -0.505 e. The molecule has 17 heteroatoms. The summed E-state index contributed by atoms with van der Waals surface area (Å²) in [6.07, 6.45) is 0. The molecule has 0 fully saturated rings. The molecule has 4 aromatic carbocycles. The Kier molecular flexibility index (Phi) is 6.83. The summed E-state index contributed by atoms with van der Waals surface area (Å²) in [7, 11) is -9.64. The molecule has 15 nitrogen and oxygen atoms in total.